The fraction of sp³-hybridized carbons (Fsp3) is 0.286. The minimum absolute atomic E-state index is 0.366. The molecule has 0 amide bonds. The van der Waals surface area contributed by atoms with Gasteiger partial charge in [-0.25, -0.2) is 9.78 Å². The third kappa shape index (κ3) is 3.02. The molecule has 1 N–H and O–H groups in total. The number of esters is 1. The molecule has 1 heterocycles. The molecule has 0 bridgehead atoms. The van der Waals surface area contributed by atoms with Crippen LogP contribution in [0.1, 0.15) is 26.5 Å². The molecule has 0 spiro atoms. The Morgan fingerprint density at radius 2 is 1.90 bits per heavy atom. The molecule has 2 rings (SSSR count). The number of benzene rings is 1. The number of carbonyl (C=O) groups is 1. The van der Waals surface area contributed by atoms with Gasteiger partial charge in [0.05, 0.1) is 7.11 Å². The van der Waals surface area contributed by atoms with Gasteiger partial charge in [-0.1, -0.05) is 15.9 Å². The number of methoxy groups -OCH3 is 1. The second-order valence-electron chi connectivity index (χ2n) is 4.46. The molecular weight excluding hydrogens is 340 g/mol. The molecule has 0 radical (unpaired) electrons. The van der Waals surface area contributed by atoms with Crippen LogP contribution in [0.3, 0.4) is 0 Å². The number of hydrogen-bond acceptors (Lipinski definition) is 5. The number of aryl methyl sites for hydroxylation is 3. The largest absolute Gasteiger partial charge is 0.464 e. The van der Waals surface area contributed by atoms with Gasteiger partial charge in [0.15, 0.2) is 10.8 Å². The lowest BCUT2D eigenvalue weighted by molar-refractivity contribution is 0.0594. The lowest BCUT2D eigenvalue weighted by Gasteiger charge is -2.08. The first kappa shape index (κ1) is 15.0. The van der Waals surface area contributed by atoms with Gasteiger partial charge in [0.25, 0.3) is 0 Å². The summed E-state index contributed by atoms with van der Waals surface area (Å²) in [5.41, 5.74) is 3.61. The quantitative estimate of drug-likeness (QED) is 0.831. The predicted molar refractivity (Wildman–Crippen MR) is 85.1 cm³/mol. The summed E-state index contributed by atoms with van der Waals surface area (Å²) >= 11 is 4.97. The van der Waals surface area contributed by atoms with Crippen LogP contribution < -0.4 is 5.32 Å². The van der Waals surface area contributed by atoms with Crippen LogP contribution in [0.25, 0.3) is 0 Å². The van der Waals surface area contributed by atoms with Gasteiger partial charge in [-0.2, -0.15) is 0 Å². The number of ether oxygens (including phenoxy) is 1. The van der Waals surface area contributed by atoms with Crippen molar-refractivity contribution in [2.75, 3.05) is 12.4 Å². The molecular formula is C14H15BrN2O2S. The number of anilines is 2. The predicted octanol–water partition coefficient (Wildman–Crippen LogP) is 4.36. The molecule has 0 saturated heterocycles. The summed E-state index contributed by atoms with van der Waals surface area (Å²) in [6.45, 7) is 5.93. The molecule has 0 aliphatic carbocycles. The van der Waals surface area contributed by atoms with Crippen molar-refractivity contribution < 1.29 is 9.53 Å². The maximum absolute atomic E-state index is 11.5. The summed E-state index contributed by atoms with van der Waals surface area (Å²) in [6.07, 6.45) is 0. The Bertz CT molecular complexity index is 644. The maximum atomic E-state index is 11.5. The summed E-state index contributed by atoms with van der Waals surface area (Å²) in [6, 6.07) is 4.07. The molecule has 106 valence electrons. The lowest BCUT2D eigenvalue weighted by Crippen LogP contribution is -2.03. The number of halogens is 1. The Labute approximate surface area is 130 Å². The Kier molecular flexibility index (Phi) is 4.45. The van der Waals surface area contributed by atoms with E-state index in [1.165, 1.54) is 18.4 Å². The first-order chi connectivity index (χ1) is 9.42. The van der Waals surface area contributed by atoms with Gasteiger partial charge in [-0.15, -0.1) is 11.3 Å². The lowest BCUT2D eigenvalue weighted by atomic mass is 10.1. The van der Waals surface area contributed by atoms with Gasteiger partial charge >= 0.3 is 5.97 Å². The SMILES string of the molecule is COC(=O)c1nc(Nc2cc(C)c(Br)c(C)c2)sc1C. The molecule has 0 aliphatic heterocycles. The number of nitrogens with zero attached hydrogens (tertiary/aromatic N) is 1. The number of carbonyl (C=O) groups excluding carboxylic acids is 1. The van der Waals surface area contributed by atoms with Gasteiger partial charge < -0.3 is 10.1 Å². The second kappa shape index (κ2) is 5.93. The van der Waals surface area contributed by atoms with Crippen molar-refractivity contribution in [1.29, 1.82) is 0 Å². The van der Waals surface area contributed by atoms with E-state index in [0.717, 1.165) is 26.2 Å². The third-order valence-corrected chi connectivity index (χ3v) is 5.00. The number of nitrogens with one attached hydrogen (secondary N) is 1. The molecule has 1 aromatic heterocycles. The van der Waals surface area contributed by atoms with Crippen LogP contribution in [0, 0.1) is 20.8 Å². The molecule has 0 atom stereocenters. The Hall–Kier alpha value is -1.40. The summed E-state index contributed by atoms with van der Waals surface area (Å²) in [5, 5.41) is 3.92. The standard InChI is InChI=1S/C14H15BrN2O2S/c1-7-5-10(6-8(2)11(7)15)16-14-17-12(9(3)20-14)13(18)19-4/h5-6H,1-4H3,(H,16,17). The van der Waals surface area contributed by atoms with Crippen molar-refractivity contribution in [1.82, 2.24) is 4.98 Å². The Morgan fingerprint density at radius 3 is 2.45 bits per heavy atom. The molecule has 0 fully saturated rings. The van der Waals surface area contributed by atoms with Crippen LogP contribution in [0.15, 0.2) is 16.6 Å². The van der Waals surface area contributed by atoms with Crippen LogP contribution >= 0.6 is 27.3 Å². The van der Waals surface area contributed by atoms with E-state index in [1.54, 1.807) is 0 Å². The monoisotopic (exact) mass is 354 g/mol. The van der Waals surface area contributed by atoms with E-state index in [0.29, 0.717) is 10.8 Å². The van der Waals surface area contributed by atoms with Gasteiger partial charge in [0, 0.05) is 15.0 Å². The van der Waals surface area contributed by atoms with E-state index in [-0.39, 0.29) is 0 Å². The van der Waals surface area contributed by atoms with Crippen molar-refractivity contribution in [2.45, 2.75) is 20.8 Å². The second-order valence-corrected chi connectivity index (χ2v) is 6.46. The molecule has 0 unspecified atom stereocenters. The number of hydrogen-bond donors (Lipinski definition) is 1. The van der Waals surface area contributed by atoms with Crippen molar-refractivity contribution >= 4 is 44.1 Å². The van der Waals surface area contributed by atoms with Crippen LogP contribution in [-0.2, 0) is 4.74 Å². The summed E-state index contributed by atoms with van der Waals surface area (Å²) in [7, 11) is 1.36. The van der Waals surface area contributed by atoms with Crippen LogP contribution in [0.4, 0.5) is 10.8 Å². The molecule has 1 aromatic carbocycles. The zero-order valence-electron chi connectivity index (χ0n) is 11.7. The Balaban J connectivity index is 2.29. The molecule has 20 heavy (non-hydrogen) atoms. The van der Waals surface area contributed by atoms with Gasteiger partial charge in [0.2, 0.25) is 0 Å². The van der Waals surface area contributed by atoms with Gasteiger partial charge in [0.1, 0.15) is 0 Å². The molecule has 0 saturated carbocycles. The molecule has 2 aromatic rings. The van der Waals surface area contributed by atoms with Gasteiger partial charge in [-0.05, 0) is 44.0 Å². The maximum Gasteiger partial charge on any atom is 0.357 e. The average Bonchev–Trinajstić information content (AvgIpc) is 2.75. The van der Waals surface area contributed by atoms with E-state index in [1.807, 2.05) is 32.9 Å². The highest BCUT2D eigenvalue weighted by Gasteiger charge is 2.16. The highest BCUT2D eigenvalue weighted by atomic mass is 79.9. The molecule has 6 heteroatoms. The summed E-state index contributed by atoms with van der Waals surface area (Å²) < 4.78 is 5.81. The molecule has 4 nitrogen and oxygen atoms in total. The highest BCUT2D eigenvalue weighted by Crippen LogP contribution is 2.29. The zero-order chi connectivity index (χ0) is 14.9. The van der Waals surface area contributed by atoms with E-state index in [2.05, 4.69) is 26.2 Å². The number of aromatic nitrogens is 1. The van der Waals surface area contributed by atoms with Crippen LogP contribution in [-0.4, -0.2) is 18.1 Å². The van der Waals surface area contributed by atoms with Crippen molar-refractivity contribution in [3.63, 3.8) is 0 Å². The Morgan fingerprint density at radius 1 is 1.30 bits per heavy atom. The highest BCUT2D eigenvalue weighted by molar-refractivity contribution is 9.10. The van der Waals surface area contributed by atoms with Crippen molar-refractivity contribution in [3.05, 3.63) is 38.3 Å². The van der Waals surface area contributed by atoms with E-state index >= 15 is 0 Å². The van der Waals surface area contributed by atoms with E-state index in [9.17, 15) is 4.79 Å². The number of rotatable bonds is 3. The first-order valence-corrected chi connectivity index (χ1v) is 7.63. The minimum Gasteiger partial charge on any atom is -0.464 e. The van der Waals surface area contributed by atoms with E-state index in [4.69, 9.17) is 4.74 Å². The normalized spacial score (nSPS) is 10.4. The van der Waals surface area contributed by atoms with Crippen molar-refractivity contribution in [3.8, 4) is 0 Å². The van der Waals surface area contributed by atoms with Crippen LogP contribution in [0.2, 0.25) is 0 Å². The van der Waals surface area contributed by atoms with Crippen LogP contribution in [0.5, 0.6) is 0 Å². The smallest absolute Gasteiger partial charge is 0.357 e. The fourth-order valence-electron chi connectivity index (χ4n) is 1.88. The fourth-order valence-corrected chi connectivity index (χ4v) is 2.93. The third-order valence-electron chi connectivity index (χ3n) is 2.86. The minimum atomic E-state index is -0.407. The summed E-state index contributed by atoms with van der Waals surface area (Å²) in [4.78, 5) is 16.7. The molecule has 0 aliphatic rings. The van der Waals surface area contributed by atoms with Gasteiger partial charge in [-0.3, -0.25) is 0 Å². The topological polar surface area (TPSA) is 51.2 Å². The summed E-state index contributed by atoms with van der Waals surface area (Å²) in [5.74, 6) is -0.407. The van der Waals surface area contributed by atoms with Crippen molar-refractivity contribution in [2.24, 2.45) is 0 Å². The average molecular weight is 355 g/mol. The van der Waals surface area contributed by atoms with E-state index < -0.39 is 5.97 Å². The first-order valence-electron chi connectivity index (χ1n) is 6.02. The zero-order valence-corrected chi connectivity index (χ0v) is 14.1. The number of thiazole rings is 1.